The molecule has 1 rings (SSSR count). The van der Waals surface area contributed by atoms with E-state index in [1.165, 1.54) is 0 Å². The Kier molecular flexibility index (Phi) is 6.54. The maximum atomic E-state index is 9.48. The van der Waals surface area contributed by atoms with Crippen LogP contribution in [0.5, 0.6) is 11.5 Å². The van der Waals surface area contributed by atoms with Gasteiger partial charge in [0.15, 0.2) is 11.5 Å². The van der Waals surface area contributed by atoms with Crippen LogP contribution in [0.15, 0.2) is 18.2 Å². The second-order valence-corrected chi connectivity index (χ2v) is 4.07. The van der Waals surface area contributed by atoms with Crippen molar-refractivity contribution in [1.82, 2.24) is 5.32 Å². The fourth-order valence-electron chi connectivity index (χ4n) is 1.72. The zero-order chi connectivity index (χ0) is 13.4. The Morgan fingerprint density at radius 3 is 2.72 bits per heavy atom. The molecule has 1 aromatic rings. The molecule has 0 saturated heterocycles. The minimum Gasteiger partial charge on any atom is -0.493 e. The summed E-state index contributed by atoms with van der Waals surface area (Å²) in [7, 11) is 1.64. The largest absolute Gasteiger partial charge is 0.493 e. The molecule has 0 fully saturated rings. The van der Waals surface area contributed by atoms with E-state index in [0.29, 0.717) is 19.7 Å². The summed E-state index contributed by atoms with van der Waals surface area (Å²) >= 11 is 0. The van der Waals surface area contributed by atoms with Gasteiger partial charge in [0, 0.05) is 18.7 Å². The van der Waals surface area contributed by atoms with Gasteiger partial charge in [-0.25, -0.2) is 0 Å². The molecule has 2 N–H and O–H groups in total. The lowest BCUT2D eigenvalue weighted by atomic mass is 10.1. The van der Waals surface area contributed by atoms with Crippen molar-refractivity contribution in [1.29, 1.82) is 0 Å². The number of hydrogen-bond donors (Lipinski definition) is 2. The van der Waals surface area contributed by atoms with Gasteiger partial charge < -0.3 is 19.9 Å². The van der Waals surface area contributed by atoms with Crippen LogP contribution in [0.2, 0.25) is 0 Å². The predicted molar refractivity (Wildman–Crippen MR) is 72.2 cm³/mol. The molecule has 0 saturated carbocycles. The smallest absolute Gasteiger partial charge is 0.165 e. The molecule has 0 spiro atoms. The summed E-state index contributed by atoms with van der Waals surface area (Å²) in [6.07, 6.45) is 0.453. The first-order valence-electron chi connectivity index (χ1n) is 6.40. The van der Waals surface area contributed by atoms with Crippen LogP contribution in [0.25, 0.3) is 0 Å². The first-order chi connectivity index (χ1) is 8.72. The number of nitrogens with one attached hydrogen (secondary N) is 1. The van der Waals surface area contributed by atoms with E-state index in [4.69, 9.17) is 9.47 Å². The highest BCUT2D eigenvalue weighted by Crippen LogP contribution is 2.30. The van der Waals surface area contributed by atoms with E-state index >= 15 is 0 Å². The van der Waals surface area contributed by atoms with E-state index in [9.17, 15) is 5.11 Å². The average molecular weight is 253 g/mol. The van der Waals surface area contributed by atoms with Crippen molar-refractivity contribution in [3.8, 4) is 11.5 Å². The van der Waals surface area contributed by atoms with E-state index in [-0.39, 0.29) is 6.10 Å². The Labute approximate surface area is 109 Å². The fraction of sp³-hybridized carbons (Fsp3) is 0.571. The molecule has 0 heterocycles. The van der Waals surface area contributed by atoms with Gasteiger partial charge in [-0.05, 0) is 19.4 Å². The monoisotopic (exact) mass is 253 g/mol. The number of ether oxygens (including phenoxy) is 2. The van der Waals surface area contributed by atoms with Crippen molar-refractivity contribution in [3.63, 3.8) is 0 Å². The lowest BCUT2D eigenvalue weighted by Crippen LogP contribution is -2.25. The molecule has 0 bridgehead atoms. The van der Waals surface area contributed by atoms with Gasteiger partial charge in [-0.15, -0.1) is 0 Å². The van der Waals surface area contributed by atoms with Gasteiger partial charge in [0.25, 0.3) is 0 Å². The number of rotatable bonds is 8. The molecular formula is C14H23NO3. The van der Waals surface area contributed by atoms with Crippen LogP contribution >= 0.6 is 0 Å². The average Bonchev–Trinajstić information content (AvgIpc) is 2.39. The van der Waals surface area contributed by atoms with E-state index in [0.717, 1.165) is 23.5 Å². The van der Waals surface area contributed by atoms with Crippen LogP contribution in [-0.4, -0.2) is 31.5 Å². The van der Waals surface area contributed by atoms with Gasteiger partial charge >= 0.3 is 0 Å². The number of hydrogen-bond acceptors (Lipinski definition) is 4. The van der Waals surface area contributed by atoms with Crippen LogP contribution < -0.4 is 14.8 Å². The highest BCUT2D eigenvalue weighted by atomic mass is 16.5. The van der Waals surface area contributed by atoms with E-state index in [1.807, 2.05) is 32.0 Å². The van der Waals surface area contributed by atoms with Gasteiger partial charge in [0.1, 0.15) is 0 Å². The van der Waals surface area contributed by atoms with Crippen molar-refractivity contribution < 1.29 is 14.6 Å². The second-order valence-electron chi connectivity index (χ2n) is 4.07. The van der Waals surface area contributed by atoms with Crippen LogP contribution in [-0.2, 0) is 6.54 Å². The van der Waals surface area contributed by atoms with Gasteiger partial charge in [0.05, 0.1) is 19.8 Å². The lowest BCUT2D eigenvalue weighted by molar-refractivity contribution is 0.167. The zero-order valence-corrected chi connectivity index (χ0v) is 11.4. The molecular weight excluding hydrogens is 230 g/mol. The summed E-state index contributed by atoms with van der Waals surface area (Å²) in [6.45, 7) is 5.76. The summed E-state index contributed by atoms with van der Waals surface area (Å²) in [5.74, 6) is 1.52. The molecule has 0 aliphatic rings. The summed E-state index contributed by atoms with van der Waals surface area (Å²) in [4.78, 5) is 0. The molecule has 0 amide bonds. The van der Waals surface area contributed by atoms with E-state index in [2.05, 4.69) is 5.32 Å². The van der Waals surface area contributed by atoms with E-state index in [1.54, 1.807) is 7.11 Å². The van der Waals surface area contributed by atoms with Gasteiger partial charge in [-0.3, -0.25) is 0 Å². The predicted octanol–water partition coefficient (Wildman–Crippen LogP) is 1.95. The van der Waals surface area contributed by atoms with Crippen LogP contribution in [0, 0.1) is 0 Å². The zero-order valence-electron chi connectivity index (χ0n) is 11.4. The Morgan fingerprint density at radius 2 is 2.11 bits per heavy atom. The molecule has 0 aromatic heterocycles. The molecule has 1 unspecified atom stereocenters. The Bertz CT molecular complexity index is 355. The normalized spacial score (nSPS) is 12.2. The quantitative estimate of drug-likeness (QED) is 0.743. The maximum Gasteiger partial charge on any atom is 0.165 e. The second kappa shape index (κ2) is 7.95. The molecule has 0 radical (unpaired) electrons. The number of benzene rings is 1. The SMILES string of the molecule is CCOc1cccc(CNCC(O)CC)c1OC. The van der Waals surface area contributed by atoms with Crippen molar-refractivity contribution in [2.24, 2.45) is 0 Å². The maximum absolute atomic E-state index is 9.48. The molecule has 0 aliphatic carbocycles. The summed E-state index contributed by atoms with van der Waals surface area (Å²) in [6, 6.07) is 5.83. The third kappa shape index (κ3) is 4.20. The fourth-order valence-corrected chi connectivity index (χ4v) is 1.72. The molecule has 0 aliphatic heterocycles. The molecule has 18 heavy (non-hydrogen) atoms. The third-order valence-electron chi connectivity index (χ3n) is 2.73. The summed E-state index contributed by atoms with van der Waals surface area (Å²) in [5, 5.41) is 12.7. The first kappa shape index (κ1) is 14.8. The topological polar surface area (TPSA) is 50.7 Å². The number of para-hydroxylation sites is 1. The van der Waals surface area contributed by atoms with Gasteiger partial charge in [0.2, 0.25) is 0 Å². The lowest BCUT2D eigenvalue weighted by Gasteiger charge is -2.15. The van der Waals surface area contributed by atoms with Crippen LogP contribution in [0.3, 0.4) is 0 Å². The van der Waals surface area contributed by atoms with Gasteiger partial charge in [-0.2, -0.15) is 0 Å². The molecule has 4 nitrogen and oxygen atoms in total. The van der Waals surface area contributed by atoms with Crippen LogP contribution in [0.1, 0.15) is 25.8 Å². The molecule has 1 aromatic carbocycles. The third-order valence-corrected chi connectivity index (χ3v) is 2.73. The number of aliphatic hydroxyl groups is 1. The first-order valence-corrected chi connectivity index (χ1v) is 6.40. The summed E-state index contributed by atoms with van der Waals surface area (Å²) < 4.78 is 10.9. The highest BCUT2D eigenvalue weighted by Gasteiger charge is 2.09. The van der Waals surface area contributed by atoms with E-state index < -0.39 is 0 Å². The Balaban J connectivity index is 2.66. The molecule has 4 heteroatoms. The number of methoxy groups -OCH3 is 1. The van der Waals surface area contributed by atoms with Gasteiger partial charge in [-0.1, -0.05) is 19.1 Å². The molecule has 1 atom stereocenters. The highest BCUT2D eigenvalue weighted by molar-refractivity contribution is 5.46. The number of aliphatic hydroxyl groups excluding tert-OH is 1. The van der Waals surface area contributed by atoms with Crippen molar-refractivity contribution in [2.75, 3.05) is 20.3 Å². The van der Waals surface area contributed by atoms with Crippen molar-refractivity contribution >= 4 is 0 Å². The minimum absolute atomic E-state index is 0.300. The van der Waals surface area contributed by atoms with Crippen LogP contribution in [0.4, 0.5) is 0 Å². The minimum atomic E-state index is -0.300. The van der Waals surface area contributed by atoms with Crippen molar-refractivity contribution in [3.05, 3.63) is 23.8 Å². The summed E-state index contributed by atoms with van der Waals surface area (Å²) in [5.41, 5.74) is 1.03. The Hall–Kier alpha value is -1.26. The standard InChI is InChI=1S/C14H23NO3/c1-4-12(16)10-15-9-11-7-6-8-13(18-5-2)14(11)17-3/h6-8,12,15-16H,4-5,9-10H2,1-3H3. The Morgan fingerprint density at radius 1 is 1.33 bits per heavy atom. The van der Waals surface area contributed by atoms with Crippen molar-refractivity contribution in [2.45, 2.75) is 32.9 Å². The molecule has 102 valence electrons.